The van der Waals surface area contributed by atoms with Gasteiger partial charge in [-0.15, -0.1) is 0 Å². The number of rotatable bonds is 10. The van der Waals surface area contributed by atoms with Crippen molar-refractivity contribution >= 4 is 31.1 Å². The molecular weight excluding hydrogens is 489 g/mol. The van der Waals surface area contributed by atoms with Crippen LogP contribution in [-0.2, 0) is 16.8 Å². The van der Waals surface area contributed by atoms with Gasteiger partial charge in [0.15, 0.2) is 0 Å². The van der Waals surface area contributed by atoms with Crippen LogP contribution in [0.5, 0.6) is 0 Å². The van der Waals surface area contributed by atoms with Gasteiger partial charge in [-0.25, -0.2) is 4.99 Å². The van der Waals surface area contributed by atoms with Gasteiger partial charge in [0.25, 0.3) is 0 Å². The molecule has 38 heavy (non-hydrogen) atoms. The molecule has 1 fully saturated rings. The van der Waals surface area contributed by atoms with Crippen LogP contribution in [0.25, 0.3) is 5.70 Å². The second kappa shape index (κ2) is 15.5. The van der Waals surface area contributed by atoms with Crippen LogP contribution in [-0.4, -0.2) is 43.2 Å². The highest BCUT2D eigenvalue weighted by atomic mass is 31.1. The van der Waals surface area contributed by atoms with Crippen molar-refractivity contribution in [2.24, 2.45) is 9.98 Å². The van der Waals surface area contributed by atoms with E-state index in [2.05, 4.69) is 79.7 Å². The Balaban J connectivity index is 0.000000308. The topological polar surface area (TPSA) is 66.2 Å². The monoisotopic (exact) mass is 533 g/mol. The Morgan fingerprint density at radius 2 is 1.71 bits per heavy atom. The Bertz CT molecular complexity index is 1170. The summed E-state index contributed by atoms with van der Waals surface area (Å²) in [6, 6.07) is 16.3. The van der Waals surface area contributed by atoms with E-state index in [0.717, 1.165) is 35.1 Å². The summed E-state index contributed by atoms with van der Waals surface area (Å²) >= 11 is 0. The number of hydrogen-bond acceptors (Lipinski definition) is 5. The number of anilines is 1. The van der Waals surface area contributed by atoms with Crippen molar-refractivity contribution in [1.82, 2.24) is 0 Å². The second-order valence-corrected chi connectivity index (χ2v) is 10.5. The van der Waals surface area contributed by atoms with Crippen molar-refractivity contribution < 1.29 is 9.84 Å². The van der Waals surface area contributed by atoms with Gasteiger partial charge < -0.3 is 15.2 Å². The molecule has 1 unspecified atom stereocenters. The maximum Gasteiger partial charge on any atom is 0.136 e. The maximum absolute atomic E-state index is 10.3. The van der Waals surface area contributed by atoms with E-state index >= 15 is 0 Å². The fourth-order valence-corrected chi connectivity index (χ4v) is 4.48. The van der Waals surface area contributed by atoms with Gasteiger partial charge in [0.2, 0.25) is 0 Å². The molecule has 2 N–H and O–H groups in total. The number of nitrogens with one attached hydrogen (secondary N) is 1. The van der Waals surface area contributed by atoms with Crippen LogP contribution < -0.4 is 5.32 Å². The molecule has 6 heteroatoms. The predicted molar refractivity (Wildman–Crippen MR) is 168 cm³/mol. The molecule has 5 nitrogen and oxygen atoms in total. The van der Waals surface area contributed by atoms with Crippen LogP contribution in [0.3, 0.4) is 0 Å². The van der Waals surface area contributed by atoms with Crippen molar-refractivity contribution in [1.29, 1.82) is 0 Å². The van der Waals surface area contributed by atoms with Gasteiger partial charge in [0, 0.05) is 18.4 Å². The molecule has 0 spiro atoms. The number of aliphatic hydroxyl groups is 1. The number of hydrogen-bond donors (Lipinski definition) is 2. The minimum atomic E-state index is -0.843. The predicted octanol–water partition coefficient (Wildman–Crippen LogP) is 7.59. The van der Waals surface area contributed by atoms with Gasteiger partial charge >= 0.3 is 0 Å². The Morgan fingerprint density at radius 3 is 2.16 bits per heavy atom. The molecule has 1 heterocycles. The third-order valence-corrected chi connectivity index (χ3v) is 6.89. The van der Waals surface area contributed by atoms with E-state index in [0.29, 0.717) is 27.5 Å². The van der Waals surface area contributed by atoms with E-state index in [1.54, 1.807) is 7.05 Å². The van der Waals surface area contributed by atoms with Gasteiger partial charge in [-0.2, -0.15) is 0 Å². The highest BCUT2D eigenvalue weighted by Gasteiger charge is 2.37. The summed E-state index contributed by atoms with van der Waals surface area (Å²) in [5, 5.41) is 13.6. The van der Waals surface area contributed by atoms with Gasteiger partial charge in [0.1, 0.15) is 5.60 Å². The van der Waals surface area contributed by atoms with E-state index in [-0.39, 0.29) is 0 Å². The summed E-state index contributed by atoms with van der Waals surface area (Å²) in [6.07, 6.45) is 6.40. The first-order valence-electron chi connectivity index (χ1n) is 13.2. The van der Waals surface area contributed by atoms with E-state index in [4.69, 9.17) is 4.74 Å². The minimum Gasteiger partial charge on any atom is -0.380 e. The number of nitrogens with zero attached hydrogens (tertiary/aromatic N) is 2. The average Bonchev–Trinajstić information content (AvgIpc) is 2.90. The van der Waals surface area contributed by atoms with E-state index in [1.807, 2.05) is 44.2 Å². The van der Waals surface area contributed by atoms with Crippen LogP contribution in [0.2, 0.25) is 0 Å². The molecule has 2 aromatic carbocycles. The third kappa shape index (κ3) is 9.47. The van der Waals surface area contributed by atoms with Crippen molar-refractivity contribution in [3.05, 3.63) is 95.2 Å². The summed E-state index contributed by atoms with van der Waals surface area (Å²) in [7, 11) is 2.31. The molecule has 204 valence electrons. The largest absolute Gasteiger partial charge is 0.380 e. The quantitative estimate of drug-likeness (QED) is 0.244. The molecule has 1 aliphatic rings. The molecule has 0 saturated carbocycles. The van der Waals surface area contributed by atoms with Crippen LogP contribution in [0, 0.1) is 0 Å². The lowest BCUT2D eigenvalue weighted by Crippen LogP contribution is -2.46. The Hall–Kier alpha value is -2.85. The summed E-state index contributed by atoms with van der Waals surface area (Å²) < 4.78 is 5.10. The Labute approximate surface area is 231 Å². The summed E-state index contributed by atoms with van der Waals surface area (Å²) in [6.45, 7) is 17.4. The van der Waals surface area contributed by atoms with Crippen LogP contribution in [0.4, 0.5) is 5.69 Å². The minimum absolute atomic E-state index is 0.353. The lowest BCUT2D eigenvalue weighted by molar-refractivity contribution is -0.184. The smallest absolute Gasteiger partial charge is 0.136 e. The average molecular weight is 534 g/mol. The summed E-state index contributed by atoms with van der Waals surface area (Å²) in [5.74, 6) is 0. The molecule has 0 amide bonds. The Morgan fingerprint density at radius 1 is 1.08 bits per heavy atom. The molecule has 0 bridgehead atoms. The molecule has 0 radical (unpaired) electrons. The standard InChI is InChI=1S/C19H25N2O2P.C13H19N/c1-13(2)10-17(20-4)18(24-5)21-14(3)15-6-8-16(9-7-15)19(22)11-23-12-19;1-4-6-11(3)14-13-9-7-12(5-2)8-10-13/h6-10,22,24H,3,11-12H2,1-2,4-5H3;6-10,14H,4-5H2,1-3H3/b;11-6-. The number of allylic oxidation sites excluding steroid dienone is 4. The van der Waals surface area contributed by atoms with Gasteiger partial charge in [-0.1, -0.05) is 77.1 Å². The summed E-state index contributed by atoms with van der Waals surface area (Å²) in [4.78, 5) is 9.03. The number of aliphatic imine (C=N–C) groups is 2. The molecule has 3 rings (SSSR count). The number of benzene rings is 2. The molecule has 0 aromatic heterocycles. The van der Waals surface area contributed by atoms with Crippen molar-refractivity contribution in [2.45, 2.75) is 53.1 Å². The first kappa shape index (κ1) is 31.4. The van der Waals surface area contributed by atoms with Crippen molar-refractivity contribution in [3.8, 4) is 0 Å². The maximum atomic E-state index is 10.3. The molecule has 1 saturated heterocycles. The van der Waals surface area contributed by atoms with Gasteiger partial charge in [-0.05, 0) is 75.2 Å². The molecule has 1 atom stereocenters. The van der Waals surface area contributed by atoms with E-state index in [1.165, 1.54) is 22.5 Å². The van der Waals surface area contributed by atoms with Crippen LogP contribution >= 0.6 is 8.58 Å². The summed E-state index contributed by atoms with van der Waals surface area (Å²) in [5.41, 5.74) is 8.46. The van der Waals surface area contributed by atoms with Gasteiger partial charge in [-0.3, -0.25) is 4.99 Å². The molecular formula is C32H44N3O2P. The van der Waals surface area contributed by atoms with Crippen molar-refractivity contribution in [2.75, 3.05) is 32.2 Å². The molecule has 1 aliphatic heterocycles. The zero-order valence-electron chi connectivity index (χ0n) is 24.1. The highest BCUT2D eigenvalue weighted by Crippen LogP contribution is 2.30. The van der Waals surface area contributed by atoms with E-state index in [9.17, 15) is 5.11 Å². The van der Waals surface area contributed by atoms with Crippen LogP contribution in [0.15, 0.2) is 88.5 Å². The second-order valence-electron chi connectivity index (χ2n) is 9.56. The lowest BCUT2D eigenvalue weighted by Gasteiger charge is -2.36. The zero-order valence-corrected chi connectivity index (χ0v) is 25.1. The SMILES string of the molecule is C=C(N=C(PC)C(C=C(C)C)=NC)c1ccc(C2(O)COC2)cc1.CC/C=C(/C)Nc1ccc(CC)cc1. The third-order valence-electron chi connectivity index (χ3n) is 6.04. The van der Waals surface area contributed by atoms with Crippen molar-refractivity contribution in [3.63, 3.8) is 0 Å². The first-order valence-corrected chi connectivity index (χ1v) is 14.7. The molecule has 0 aliphatic carbocycles. The first-order chi connectivity index (χ1) is 18.1. The highest BCUT2D eigenvalue weighted by molar-refractivity contribution is 7.61. The molecule has 2 aromatic rings. The Kier molecular flexibility index (Phi) is 12.8. The normalized spacial score (nSPS) is 15.4. The fourth-order valence-electron chi connectivity index (χ4n) is 3.80. The van der Waals surface area contributed by atoms with Gasteiger partial charge in [0.05, 0.1) is 30.1 Å². The lowest BCUT2D eigenvalue weighted by atomic mass is 9.91. The zero-order chi connectivity index (χ0) is 28.1. The van der Waals surface area contributed by atoms with E-state index < -0.39 is 5.60 Å². The fraction of sp³-hybridized carbons (Fsp3) is 0.375. The number of ether oxygens (including phenoxy) is 1. The number of aryl methyl sites for hydroxylation is 1. The van der Waals surface area contributed by atoms with Crippen LogP contribution in [0.1, 0.15) is 57.7 Å².